The van der Waals surface area contributed by atoms with E-state index in [1.54, 1.807) is 42.6 Å². The molecule has 2 fully saturated rings. The van der Waals surface area contributed by atoms with E-state index in [1.807, 2.05) is 42.5 Å². The van der Waals surface area contributed by atoms with Crippen LogP contribution in [0.5, 0.6) is 0 Å². The number of sulfonamides is 1. The van der Waals surface area contributed by atoms with Crippen LogP contribution >= 0.6 is 0 Å². The number of nitrogens with zero attached hydrogens (tertiary/aromatic N) is 2. The van der Waals surface area contributed by atoms with E-state index in [9.17, 15) is 18.6 Å². The molecule has 2 aliphatic rings. The number of anilines is 1. The third-order valence-electron chi connectivity index (χ3n) is 7.62. The van der Waals surface area contributed by atoms with Crippen LogP contribution in [0, 0.1) is 0 Å². The van der Waals surface area contributed by atoms with Gasteiger partial charge in [0.05, 0.1) is 30.4 Å². The highest BCUT2D eigenvalue weighted by Gasteiger charge is 2.34. The highest BCUT2D eigenvalue weighted by atomic mass is 32.2. The second-order valence-corrected chi connectivity index (χ2v) is 12.3. The van der Waals surface area contributed by atoms with Gasteiger partial charge in [-0.3, -0.25) is 14.6 Å². The van der Waals surface area contributed by atoms with Crippen molar-refractivity contribution in [3.63, 3.8) is 0 Å². The lowest BCUT2D eigenvalue weighted by atomic mass is 9.99. The molecule has 3 heterocycles. The first-order valence-electron chi connectivity index (χ1n) is 13.8. The van der Waals surface area contributed by atoms with Crippen LogP contribution in [0.15, 0.2) is 90.0 Å². The molecule has 6 rings (SSSR count). The lowest BCUT2D eigenvalue weighted by Crippen LogP contribution is -2.38. The molecular formula is C31H33N3O6S. The summed E-state index contributed by atoms with van der Waals surface area (Å²) in [5.41, 5.74) is 3.27. The summed E-state index contributed by atoms with van der Waals surface area (Å²) in [6, 6.07) is 23.4. The zero-order valence-corrected chi connectivity index (χ0v) is 23.3. The molecule has 1 unspecified atom stereocenters. The fourth-order valence-corrected chi connectivity index (χ4v) is 6.78. The molecule has 1 aromatic heterocycles. The number of likely N-dealkylation sites (tertiary alicyclic amines) is 1. The minimum absolute atomic E-state index is 0.0327. The minimum atomic E-state index is -3.92. The van der Waals surface area contributed by atoms with Crippen molar-refractivity contribution >= 4 is 26.6 Å². The van der Waals surface area contributed by atoms with Gasteiger partial charge in [-0.25, -0.2) is 8.42 Å². The molecule has 4 aromatic rings. The largest absolute Gasteiger partial charge is 0.392 e. The Kier molecular flexibility index (Phi) is 8.03. The monoisotopic (exact) mass is 575 g/mol. The molecule has 3 N–H and O–H groups in total. The number of nitrogens with one attached hydrogen (secondary N) is 1. The van der Waals surface area contributed by atoms with E-state index in [2.05, 4.69) is 14.6 Å². The van der Waals surface area contributed by atoms with Gasteiger partial charge in [-0.15, -0.1) is 0 Å². The Morgan fingerprint density at radius 1 is 0.976 bits per heavy atom. The van der Waals surface area contributed by atoms with Gasteiger partial charge in [0, 0.05) is 48.9 Å². The Bertz CT molecular complexity index is 1610. The van der Waals surface area contributed by atoms with Gasteiger partial charge in [0.15, 0.2) is 6.29 Å². The van der Waals surface area contributed by atoms with Gasteiger partial charge in [-0.1, -0.05) is 54.6 Å². The Balaban J connectivity index is 1.26. The standard InChI is InChI=1S/C31H33N3O6S/c35-20-21-9-11-22(12-10-21)28-17-27(19-34-15-13-26(36)18-34)39-31(40-28)24-5-1-7-25(16-24)33-41(37,38)29-8-2-4-23-6-3-14-32-30(23)29/h1-12,14,16,26-28,31,33,35-36H,13,15,17-20H2/t26-,27+,28-,31?/m1/s1. The van der Waals surface area contributed by atoms with Crippen molar-refractivity contribution in [3.8, 4) is 0 Å². The smallest absolute Gasteiger partial charge is 0.264 e. The SMILES string of the molecule is O=S(=O)(Nc1cccc(C2O[C@H](CN3CC[C@@H](O)C3)C[C@H](c3ccc(CO)cc3)O2)c1)c1cccc2cccnc12. The number of pyridine rings is 1. The Morgan fingerprint density at radius 3 is 2.56 bits per heavy atom. The molecule has 0 spiro atoms. The van der Waals surface area contributed by atoms with E-state index in [0.29, 0.717) is 36.3 Å². The van der Waals surface area contributed by atoms with E-state index in [1.165, 1.54) is 0 Å². The molecule has 4 atom stereocenters. The van der Waals surface area contributed by atoms with Crippen molar-refractivity contribution in [2.24, 2.45) is 0 Å². The van der Waals surface area contributed by atoms with Crippen LogP contribution in [0.1, 0.15) is 41.9 Å². The molecule has 41 heavy (non-hydrogen) atoms. The number of hydrogen-bond donors (Lipinski definition) is 3. The summed E-state index contributed by atoms with van der Waals surface area (Å²) < 4.78 is 42.4. The number of aliphatic hydroxyl groups is 2. The molecule has 9 nitrogen and oxygen atoms in total. The van der Waals surface area contributed by atoms with Crippen LogP contribution in [-0.4, -0.2) is 60.4 Å². The maximum absolute atomic E-state index is 13.4. The number of rotatable bonds is 8. The number of hydrogen-bond acceptors (Lipinski definition) is 8. The molecule has 2 aliphatic heterocycles. The molecule has 0 saturated carbocycles. The summed E-state index contributed by atoms with van der Waals surface area (Å²) in [5.74, 6) is 0. The van der Waals surface area contributed by atoms with Crippen LogP contribution in [0.2, 0.25) is 0 Å². The molecule has 2 saturated heterocycles. The van der Waals surface area contributed by atoms with Gasteiger partial charge in [0.1, 0.15) is 4.90 Å². The minimum Gasteiger partial charge on any atom is -0.392 e. The van der Waals surface area contributed by atoms with Crippen molar-refractivity contribution in [2.45, 2.75) is 48.9 Å². The molecule has 0 bridgehead atoms. The number of aliphatic hydroxyl groups excluding tert-OH is 2. The van der Waals surface area contributed by atoms with Crippen LogP contribution in [0.25, 0.3) is 10.9 Å². The summed E-state index contributed by atoms with van der Waals surface area (Å²) in [5, 5.41) is 20.2. The number of fused-ring (bicyclic) bond motifs is 1. The van der Waals surface area contributed by atoms with Crippen molar-refractivity contribution < 1.29 is 28.1 Å². The summed E-state index contributed by atoms with van der Waals surface area (Å²) in [7, 11) is -3.92. The van der Waals surface area contributed by atoms with Gasteiger partial charge in [-0.2, -0.15) is 0 Å². The van der Waals surface area contributed by atoms with Crippen LogP contribution in [0.4, 0.5) is 5.69 Å². The first-order valence-corrected chi connectivity index (χ1v) is 15.2. The molecule has 0 radical (unpaired) electrons. The molecule has 0 amide bonds. The first kappa shape index (κ1) is 27.8. The summed E-state index contributed by atoms with van der Waals surface area (Å²) in [6.45, 7) is 2.04. The van der Waals surface area contributed by atoms with Gasteiger partial charge in [-0.05, 0) is 41.8 Å². The molecule has 3 aromatic carbocycles. The number of β-amino-alcohol motifs (C(OH)–C–C–N with tert-alkyl or cyclic N) is 1. The van der Waals surface area contributed by atoms with Crippen molar-refractivity contribution in [3.05, 3.63) is 102 Å². The molecular weight excluding hydrogens is 542 g/mol. The summed E-state index contributed by atoms with van der Waals surface area (Å²) in [6.07, 6.45) is 1.47. The first-order chi connectivity index (χ1) is 19.9. The van der Waals surface area contributed by atoms with Crippen LogP contribution in [-0.2, 0) is 26.1 Å². The van der Waals surface area contributed by atoms with Crippen molar-refractivity contribution in [1.29, 1.82) is 0 Å². The zero-order valence-electron chi connectivity index (χ0n) is 22.5. The summed E-state index contributed by atoms with van der Waals surface area (Å²) >= 11 is 0. The average Bonchev–Trinajstić information content (AvgIpc) is 3.40. The lowest BCUT2D eigenvalue weighted by Gasteiger charge is -2.38. The summed E-state index contributed by atoms with van der Waals surface area (Å²) in [4.78, 5) is 6.59. The van der Waals surface area contributed by atoms with Crippen LogP contribution < -0.4 is 4.72 Å². The highest BCUT2D eigenvalue weighted by Crippen LogP contribution is 2.39. The zero-order chi connectivity index (χ0) is 28.4. The van der Waals surface area contributed by atoms with E-state index in [-0.39, 0.29) is 29.8 Å². The average molecular weight is 576 g/mol. The third kappa shape index (κ3) is 6.28. The molecule has 10 heteroatoms. The Hall–Kier alpha value is -3.38. The fourth-order valence-electron chi connectivity index (χ4n) is 5.55. The Morgan fingerprint density at radius 2 is 1.78 bits per heavy atom. The number of benzene rings is 3. The normalized spacial score (nSPS) is 23.6. The highest BCUT2D eigenvalue weighted by molar-refractivity contribution is 7.93. The predicted octanol–water partition coefficient (Wildman–Crippen LogP) is 4.14. The van der Waals surface area contributed by atoms with Gasteiger partial charge in [0.25, 0.3) is 10.0 Å². The van der Waals surface area contributed by atoms with Gasteiger partial charge < -0.3 is 19.7 Å². The fraction of sp³-hybridized carbons (Fsp3) is 0.323. The number of para-hydroxylation sites is 1. The van der Waals surface area contributed by atoms with E-state index < -0.39 is 16.3 Å². The predicted molar refractivity (Wildman–Crippen MR) is 154 cm³/mol. The van der Waals surface area contributed by atoms with Crippen molar-refractivity contribution in [1.82, 2.24) is 9.88 Å². The Labute approximate surface area is 239 Å². The number of aromatic nitrogens is 1. The molecule has 214 valence electrons. The van der Waals surface area contributed by atoms with Crippen LogP contribution in [0.3, 0.4) is 0 Å². The van der Waals surface area contributed by atoms with E-state index in [4.69, 9.17) is 9.47 Å². The second-order valence-electron chi connectivity index (χ2n) is 10.6. The van der Waals surface area contributed by atoms with E-state index in [0.717, 1.165) is 29.5 Å². The van der Waals surface area contributed by atoms with Crippen molar-refractivity contribution in [2.75, 3.05) is 24.4 Å². The number of ether oxygens (including phenoxy) is 2. The third-order valence-corrected chi connectivity index (χ3v) is 9.03. The maximum atomic E-state index is 13.4. The lowest BCUT2D eigenvalue weighted by molar-refractivity contribution is -0.252. The van der Waals surface area contributed by atoms with Gasteiger partial charge >= 0.3 is 0 Å². The molecule has 0 aliphatic carbocycles. The topological polar surface area (TPSA) is 121 Å². The maximum Gasteiger partial charge on any atom is 0.264 e. The quantitative estimate of drug-likeness (QED) is 0.287. The van der Waals surface area contributed by atoms with E-state index >= 15 is 0 Å². The second kappa shape index (κ2) is 11.8. The van der Waals surface area contributed by atoms with Gasteiger partial charge in [0.2, 0.25) is 0 Å².